The summed E-state index contributed by atoms with van der Waals surface area (Å²) in [7, 11) is 1.36. The number of nitrogens with one attached hydrogen (secondary N) is 1. The van der Waals surface area contributed by atoms with Gasteiger partial charge < -0.3 is 9.84 Å². The summed E-state index contributed by atoms with van der Waals surface area (Å²) in [5.41, 5.74) is 5.35. The van der Waals surface area contributed by atoms with Crippen molar-refractivity contribution in [3.63, 3.8) is 0 Å². The number of phenols is 1. The van der Waals surface area contributed by atoms with Crippen molar-refractivity contribution in [1.29, 1.82) is 0 Å². The smallest absolute Gasteiger partial charge is 0.337 e. The van der Waals surface area contributed by atoms with Crippen LogP contribution in [0.5, 0.6) is 5.75 Å². The minimum Gasteiger partial charge on any atom is -0.507 e. The third-order valence-electron chi connectivity index (χ3n) is 4.42. The summed E-state index contributed by atoms with van der Waals surface area (Å²) in [6.07, 6.45) is -0.102. The monoisotopic (exact) mass is 335 g/mol. The maximum absolute atomic E-state index is 11.7. The molecule has 5 heteroatoms. The first-order valence-corrected chi connectivity index (χ1v) is 8.32. The predicted molar refractivity (Wildman–Crippen MR) is 92.9 cm³/mol. The molecule has 1 fully saturated rings. The molecule has 0 saturated carbocycles. The molecule has 0 radical (unpaired) electrons. The quantitative estimate of drug-likeness (QED) is 0.810. The number of carbonyl (C=O) groups excluding carboxylic acids is 1. The van der Waals surface area contributed by atoms with Gasteiger partial charge in [0.05, 0.1) is 13.2 Å². The molecule has 24 heavy (non-hydrogen) atoms. The van der Waals surface area contributed by atoms with E-state index in [0.29, 0.717) is 12.2 Å². The fourth-order valence-electron chi connectivity index (χ4n) is 2.96. The lowest BCUT2D eigenvalue weighted by Gasteiger charge is -2.29. The lowest BCUT2D eigenvalue weighted by Crippen LogP contribution is -2.22. The Labute approximate surface area is 144 Å². The predicted octanol–water partition coefficient (Wildman–Crippen LogP) is 3.49. The van der Waals surface area contributed by atoms with Crippen LogP contribution in [0.4, 0.5) is 0 Å². The second-order valence-electron chi connectivity index (χ2n) is 8.50. The minimum absolute atomic E-state index is 0.114. The highest BCUT2D eigenvalue weighted by Gasteiger charge is 2.35. The second kappa shape index (κ2) is 6.37. The van der Waals surface area contributed by atoms with E-state index in [2.05, 4.69) is 47.0 Å². The van der Waals surface area contributed by atoms with Gasteiger partial charge in [-0.1, -0.05) is 41.5 Å². The number of ether oxygens (including phenoxy) is 1. The lowest BCUT2D eigenvalue weighted by molar-refractivity contribution is -0.154. The first-order valence-electron chi connectivity index (χ1n) is 8.32. The van der Waals surface area contributed by atoms with Crippen LogP contribution in [-0.2, 0) is 25.2 Å². The third kappa shape index (κ3) is 3.73. The average Bonchev–Trinajstić information content (AvgIpc) is 2.94. The molecule has 2 rings (SSSR count). The van der Waals surface area contributed by atoms with Crippen LogP contribution in [0, 0.1) is 0 Å². The van der Waals surface area contributed by atoms with Crippen LogP contribution in [0.2, 0.25) is 0 Å². The fraction of sp³-hybridized carbons (Fsp3) is 0.632. The molecule has 0 aromatic heterocycles. The Bertz CT molecular complexity index is 590. The third-order valence-corrected chi connectivity index (χ3v) is 4.42. The highest BCUT2D eigenvalue weighted by Crippen LogP contribution is 2.42. The standard InChI is InChI=1S/C19H29NO4/c1-18(2,3)12-8-11(9-13(16(12)21)19(4,5)6)14-10-15(24-20-14)17(22)23-7/h8-9,14-15,20-21H,10H2,1-7H3/t14-,15+/m1/s1. The van der Waals surface area contributed by atoms with E-state index < -0.39 is 6.10 Å². The molecule has 1 heterocycles. The molecule has 1 aliphatic heterocycles. The molecule has 2 N–H and O–H groups in total. The van der Waals surface area contributed by atoms with Crippen LogP contribution < -0.4 is 5.48 Å². The number of hydroxylamine groups is 1. The molecule has 1 saturated heterocycles. The van der Waals surface area contributed by atoms with Gasteiger partial charge in [0, 0.05) is 6.42 Å². The van der Waals surface area contributed by atoms with Gasteiger partial charge in [-0.2, -0.15) is 5.48 Å². The van der Waals surface area contributed by atoms with Gasteiger partial charge in [-0.15, -0.1) is 0 Å². The first kappa shape index (κ1) is 18.7. The molecule has 134 valence electrons. The van der Waals surface area contributed by atoms with Crippen molar-refractivity contribution in [2.75, 3.05) is 7.11 Å². The van der Waals surface area contributed by atoms with E-state index in [9.17, 15) is 9.90 Å². The van der Waals surface area contributed by atoms with Crippen LogP contribution in [0.25, 0.3) is 0 Å². The number of methoxy groups -OCH3 is 1. The van der Waals surface area contributed by atoms with E-state index in [1.807, 2.05) is 12.1 Å². The summed E-state index contributed by atoms with van der Waals surface area (Å²) < 4.78 is 4.75. The van der Waals surface area contributed by atoms with Crippen molar-refractivity contribution in [1.82, 2.24) is 5.48 Å². The van der Waals surface area contributed by atoms with E-state index >= 15 is 0 Å². The summed E-state index contributed by atoms with van der Waals surface area (Å²) in [6.45, 7) is 12.5. The Morgan fingerprint density at radius 2 is 1.67 bits per heavy atom. The SMILES string of the molecule is COC(=O)[C@@H]1C[C@H](c2cc(C(C)(C)C)c(O)c(C(C)(C)C)c2)NO1. The van der Waals surface area contributed by atoms with Crippen molar-refractivity contribution < 1.29 is 19.5 Å². The topological polar surface area (TPSA) is 67.8 Å². The molecular formula is C19H29NO4. The molecule has 0 bridgehead atoms. The van der Waals surface area contributed by atoms with E-state index in [1.54, 1.807) is 0 Å². The molecule has 1 aromatic carbocycles. The zero-order chi connectivity index (χ0) is 18.3. The number of rotatable bonds is 2. The van der Waals surface area contributed by atoms with Crippen molar-refractivity contribution in [3.8, 4) is 5.75 Å². The molecule has 2 atom stereocenters. The lowest BCUT2D eigenvalue weighted by atomic mass is 9.77. The summed E-state index contributed by atoms with van der Waals surface area (Å²) in [5.74, 6) is -0.0296. The van der Waals surface area contributed by atoms with Gasteiger partial charge in [0.25, 0.3) is 0 Å². The largest absolute Gasteiger partial charge is 0.507 e. The summed E-state index contributed by atoms with van der Waals surface area (Å²) in [4.78, 5) is 17.0. The second-order valence-corrected chi connectivity index (χ2v) is 8.50. The number of carbonyl (C=O) groups is 1. The Morgan fingerprint density at radius 3 is 2.08 bits per heavy atom. The molecule has 0 spiro atoms. The van der Waals surface area contributed by atoms with Gasteiger partial charge >= 0.3 is 5.97 Å². The van der Waals surface area contributed by atoms with Crippen molar-refractivity contribution >= 4 is 5.97 Å². The fourth-order valence-corrected chi connectivity index (χ4v) is 2.96. The Morgan fingerprint density at radius 1 is 1.17 bits per heavy atom. The molecule has 0 aliphatic carbocycles. The van der Waals surface area contributed by atoms with Gasteiger partial charge in [0.2, 0.25) is 0 Å². The van der Waals surface area contributed by atoms with Gasteiger partial charge in [-0.25, -0.2) is 4.79 Å². The highest BCUT2D eigenvalue weighted by molar-refractivity contribution is 5.74. The number of aromatic hydroxyl groups is 1. The van der Waals surface area contributed by atoms with Crippen molar-refractivity contribution in [3.05, 3.63) is 28.8 Å². The molecule has 1 aliphatic rings. The van der Waals surface area contributed by atoms with Gasteiger partial charge in [0.1, 0.15) is 5.75 Å². The number of benzene rings is 1. The molecule has 0 amide bonds. The van der Waals surface area contributed by atoms with Crippen LogP contribution in [-0.4, -0.2) is 24.3 Å². The number of hydrogen-bond acceptors (Lipinski definition) is 5. The first-order chi connectivity index (χ1) is 10.9. The molecule has 5 nitrogen and oxygen atoms in total. The Balaban J connectivity index is 2.46. The highest BCUT2D eigenvalue weighted by atomic mass is 16.7. The van der Waals surface area contributed by atoms with Crippen LogP contribution in [0.3, 0.4) is 0 Å². The van der Waals surface area contributed by atoms with E-state index in [4.69, 9.17) is 9.57 Å². The van der Waals surface area contributed by atoms with Crippen LogP contribution >= 0.6 is 0 Å². The van der Waals surface area contributed by atoms with Gasteiger partial charge in [-0.3, -0.25) is 4.84 Å². The summed E-state index contributed by atoms with van der Waals surface area (Å²) >= 11 is 0. The maximum atomic E-state index is 11.7. The summed E-state index contributed by atoms with van der Waals surface area (Å²) in [5, 5.41) is 10.8. The number of hydrogen-bond donors (Lipinski definition) is 2. The van der Waals surface area contributed by atoms with Gasteiger partial charge in [0.15, 0.2) is 6.10 Å². The zero-order valence-electron chi connectivity index (χ0n) is 15.7. The summed E-state index contributed by atoms with van der Waals surface area (Å²) in [6, 6.07) is 3.90. The average molecular weight is 335 g/mol. The Hall–Kier alpha value is -1.59. The number of phenolic OH excluding ortho intramolecular Hbond substituents is 1. The zero-order valence-corrected chi connectivity index (χ0v) is 15.7. The molecule has 1 aromatic rings. The molecule has 0 unspecified atom stereocenters. The van der Waals surface area contributed by atoms with Crippen LogP contribution in [0.15, 0.2) is 12.1 Å². The Kier molecular flexibility index (Phi) is 4.98. The van der Waals surface area contributed by atoms with Crippen molar-refractivity contribution in [2.24, 2.45) is 0 Å². The molecular weight excluding hydrogens is 306 g/mol. The maximum Gasteiger partial charge on any atom is 0.337 e. The van der Waals surface area contributed by atoms with E-state index in [1.165, 1.54) is 7.11 Å². The number of esters is 1. The normalized spacial score (nSPS) is 21.8. The minimum atomic E-state index is -0.607. The van der Waals surface area contributed by atoms with E-state index in [-0.39, 0.29) is 22.8 Å². The van der Waals surface area contributed by atoms with Gasteiger partial charge in [-0.05, 0) is 39.7 Å². The van der Waals surface area contributed by atoms with Crippen LogP contribution in [0.1, 0.15) is 70.7 Å². The van der Waals surface area contributed by atoms with Crippen molar-refractivity contribution in [2.45, 2.75) is 70.9 Å². The van der Waals surface area contributed by atoms with E-state index in [0.717, 1.165) is 16.7 Å².